The lowest BCUT2D eigenvalue weighted by Gasteiger charge is -1.97. The lowest BCUT2D eigenvalue weighted by atomic mass is 10.1. The minimum Gasteiger partial charge on any atom is -0.289 e. The molecule has 20 heavy (non-hydrogen) atoms. The van der Waals surface area contributed by atoms with Gasteiger partial charge in [-0.15, -0.1) is 0 Å². The van der Waals surface area contributed by atoms with Gasteiger partial charge in [-0.2, -0.15) is 0 Å². The summed E-state index contributed by atoms with van der Waals surface area (Å²) in [5.74, 6) is -0.267. The molecule has 0 spiro atoms. The summed E-state index contributed by atoms with van der Waals surface area (Å²) in [5, 5.41) is 10.7. The van der Waals surface area contributed by atoms with Crippen molar-refractivity contribution in [2.45, 2.75) is 0 Å². The third kappa shape index (κ3) is 3.61. The molecule has 0 aliphatic heterocycles. The maximum atomic E-state index is 11.9. The molecule has 0 radical (unpaired) electrons. The summed E-state index contributed by atoms with van der Waals surface area (Å²) in [5.41, 5.74) is 1.09. The predicted molar refractivity (Wildman–Crippen MR) is 80.6 cm³/mol. The molecule has 4 nitrogen and oxygen atoms in total. The van der Waals surface area contributed by atoms with Crippen molar-refractivity contribution in [3.05, 3.63) is 80.3 Å². The number of benzene rings is 2. The predicted octanol–water partition coefficient (Wildman–Crippen LogP) is 4.25. The standard InChI is InChI=1S/C15H10BrNO3/c16-13-7-4-11(5-8-13)6-9-15(18)12-2-1-3-14(10-12)17(19)20/h1-10H. The van der Waals surface area contributed by atoms with E-state index in [9.17, 15) is 14.9 Å². The molecule has 0 bridgehead atoms. The highest BCUT2D eigenvalue weighted by Crippen LogP contribution is 2.15. The highest BCUT2D eigenvalue weighted by molar-refractivity contribution is 9.10. The number of non-ortho nitro benzene ring substituents is 1. The Bertz CT molecular complexity index is 678. The molecular formula is C15H10BrNO3. The molecule has 0 aromatic heterocycles. The summed E-state index contributed by atoms with van der Waals surface area (Å²) in [4.78, 5) is 22.1. The van der Waals surface area contributed by atoms with E-state index in [1.807, 2.05) is 24.3 Å². The molecule has 0 unspecified atom stereocenters. The van der Waals surface area contributed by atoms with Gasteiger partial charge >= 0.3 is 0 Å². The van der Waals surface area contributed by atoms with Crippen molar-refractivity contribution in [1.29, 1.82) is 0 Å². The van der Waals surface area contributed by atoms with E-state index in [2.05, 4.69) is 15.9 Å². The Kier molecular flexibility index (Phi) is 4.42. The molecule has 2 rings (SSSR count). The number of allylic oxidation sites excluding steroid dienone is 1. The molecule has 0 aliphatic rings. The normalized spacial score (nSPS) is 10.7. The van der Waals surface area contributed by atoms with Crippen molar-refractivity contribution in [1.82, 2.24) is 0 Å². The van der Waals surface area contributed by atoms with Gasteiger partial charge in [-0.25, -0.2) is 0 Å². The first-order valence-corrected chi connectivity index (χ1v) is 6.58. The fourth-order valence-corrected chi connectivity index (χ4v) is 1.88. The van der Waals surface area contributed by atoms with Gasteiger partial charge in [0.05, 0.1) is 4.92 Å². The zero-order valence-electron chi connectivity index (χ0n) is 10.3. The number of nitrogens with zero attached hydrogens (tertiary/aromatic N) is 1. The Hall–Kier alpha value is -2.27. The Labute approximate surface area is 124 Å². The van der Waals surface area contributed by atoms with Crippen molar-refractivity contribution in [2.75, 3.05) is 0 Å². The van der Waals surface area contributed by atoms with E-state index in [1.54, 1.807) is 12.1 Å². The monoisotopic (exact) mass is 331 g/mol. The van der Waals surface area contributed by atoms with Crippen LogP contribution in [-0.2, 0) is 0 Å². The maximum absolute atomic E-state index is 11.9. The highest BCUT2D eigenvalue weighted by Gasteiger charge is 2.09. The van der Waals surface area contributed by atoms with E-state index in [4.69, 9.17) is 0 Å². The molecule has 100 valence electrons. The van der Waals surface area contributed by atoms with E-state index in [-0.39, 0.29) is 11.5 Å². The number of nitro benzene ring substituents is 1. The molecule has 0 saturated carbocycles. The van der Waals surface area contributed by atoms with E-state index >= 15 is 0 Å². The van der Waals surface area contributed by atoms with Crippen molar-refractivity contribution in [3.63, 3.8) is 0 Å². The quantitative estimate of drug-likeness (QED) is 0.364. The summed E-state index contributed by atoms with van der Waals surface area (Å²) >= 11 is 3.33. The highest BCUT2D eigenvalue weighted by atomic mass is 79.9. The van der Waals surface area contributed by atoms with Crippen LogP contribution in [0.1, 0.15) is 15.9 Å². The molecule has 0 fully saturated rings. The number of hydrogen-bond donors (Lipinski definition) is 0. The summed E-state index contributed by atoms with van der Waals surface area (Å²) in [6.45, 7) is 0. The van der Waals surface area contributed by atoms with Crippen molar-refractivity contribution < 1.29 is 9.72 Å². The first kappa shape index (κ1) is 14.1. The van der Waals surface area contributed by atoms with Crippen LogP contribution in [-0.4, -0.2) is 10.7 Å². The van der Waals surface area contributed by atoms with E-state index < -0.39 is 4.92 Å². The summed E-state index contributed by atoms with van der Waals surface area (Å²) < 4.78 is 0.958. The number of halogens is 1. The van der Waals surface area contributed by atoms with Gasteiger partial charge in [-0.3, -0.25) is 14.9 Å². The van der Waals surface area contributed by atoms with Crippen molar-refractivity contribution in [3.8, 4) is 0 Å². The van der Waals surface area contributed by atoms with Crippen LogP contribution in [0.15, 0.2) is 59.1 Å². The molecule has 0 aliphatic carbocycles. The van der Waals surface area contributed by atoms with Gasteiger partial charge in [0.15, 0.2) is 5.78 Å². The summed E-state index contributed by atoms with van der Waals surface area (Å²) in [6, 6.07) is 13.2. The number of carbonyl (C=O) groups is 1. The molecule has 0 heterocycles. The van der Waals surface area contributed by atoms with Crippen LogP contribution in [0.4, 0.5) is 5.69 Å². The van der Waals surface area contributed by atoms with Gasteiger partial charge in [0.2, 0.25) is 0 Å². The zero-order valence-corrected chi connectivity index (χ0v) is 11.9. The first-order chi connectivity index (χ1) is 9.56. The SMILES string of the molecule is O=C(C=Cc1ccc(Br)cc1)c1cccc([N+](=O)[O-])c1. The Balaban J connectivity index is 2.17. The molecule has 0 amide bonds. The fraction of sp³-hybridized carbons (Fsp3) is 0. The second-order valence-electron chi connectivity index (χ2n) is 4.06. The Morgan fingerprint density at radius 3 is 2.50 bits per heavy atom. The fourth-order valence-electron chi connectivity index (χ4n) is 1.61. The average molecular weight is 332 g/mol. The van der Waals surface area contributed by atoms with Gasteiger partial charge in [-0.05, 0) is 23.8 Å². The van der Waals surface area contributed by atoms with Gasteiger partial charge in [-0.1, -0.05) is 46.3 Å². The third-order valence-electron chi connectivity index (χ3n) is 2.64. The van der Waals surface area contributed by atoms with Gasteiger partial charge in [0.1, 0.15) is 0 Å². The van der Waals surface area contributed by atoms with Gasteiger partial charge < -0.3 is 0 Å². The van der Waals surface area contributed by atoms with Crippen LogP contribution in [0, 0.1) is 10.1 Å². The minimum absolute atomic E-state index is 0.0899. The van der Waals surface area contributed by atoms with E-state index in [1.165, 1.54) is 24.3 Å². The number of nitro groups is 1. The van der Waals surface area contributed by atoms with Crippen LogP contribution in [0.3, 0.4) is 0 Å². The molecule has 0 saturated heterocycles. The summed E-state index contributed by atoms with van der Waals surface area (Å²) in [7, 11) is 0. The van der Waals surface area contributed by atoms with E-state index in [0.717, 1.165) is 10.0 Å². The van der Waals surface area contributed by atoms with Gasteiger partial charge in [0, 0.05) is 22.2 Å². The average Bonchev–Trinajstić information content (AvgIpc) is 2.46. The first-order valence-electron chi connectivity index (χ1n) is 5.79. The Morgan fingerprint density at radius 1 is 1.15 bits per heavy atom. The number of carbonyl (C=O) groups excluding carboxylic acids is 1. The lowest BCUT2D eigenvalue weighted by Crippen LogP contribution is -1.96. The van der Waals surface area contributed by atoms with Crippen molar-refractivity contribution >= 4 is 33.5 Å². The lowest BCUT2D eigenvalue weighted by molar-refractivity contribution is -0.384. The molecule has 2 aromatic rings. The Morgan fingerprint density at radius 2 is 1.85 bits per heavy atom. The van der Waals surface area contributed by atoms with Crippen LogP contribution < -0.4 is 0 Å². The van der Waals surface area contributed by atoms with Crippen LogP contribution >= 0.6 is 15.9 Å². The smallest absolute Gasteiger partial charge is 0.270 e. The van der Waals surface area contributed by atoms with Gasteiger partial charge in [0.25, 0.3) is 5.69 Å². The number of rotatable bonds is 4. The van der Waals surface area contributed by atoms with Crippen LogP contribution in [0.5, 0.6) is 0 Å². The number of ketones is 1. The molecular weight excluding hydrogens is 322 g/mol. The molecule has 5 heteroatoms. The third-order valence-corrected chi connectivity index (χ3v) is 3.17. The second-order valence-corrected chi connectivity index (χ2v) is 4.97. The zero-order chi connectivity index (χ0) is 14.5. The topological polar surface area (TPSA) is 60.2 Å². The van der Waals surface area contributed by atoms with Crippen molar-refractivity contribution in [2.24, 2.45) is 0 Å². The number of hydrogen-bond acceptors (Lipinski definition) is 3. The van der Waals surface area contributed by atoms with Crippen LogP contribution in [0.2, 0.25) is 0 Å². The van der Waals surface area contributed by atoms with Crippen LogP contribution in [0.25, 0.3) is 6.08 Å². The molecule has 0 N–H and O–H groups in total. The largest absolute Gasteiger partial charge is 0.289 e. The van der Waals surface area contributed by atoms with E-state index in [0.29, 0.717) is 5.56 Å². The summed E-state index contributed by atoms with van der Waals surface area (Å²) in [6.07, 6.45) is 3.08. The second kappa shape index (κ2) is 6.25. The molecule has 2 aromatic carbocycles. The maximum Gasteiger partial charge on any atom is 0.270 e. The minimum atomic E-state index is -0.519. The molecule has 0 atom stereocenters.